The maximum Gasteiger partial charge on any atom is 0.451 e. The Kier molecular flexibility index (Phi) is 7.43. The quantitative estimate of drug-likeness (QED) is 0.187. The number of oxazole rings is 1. The van der Waals surface area contributed by atoms with E-state index >= 15 is 0 Å². The van der Waals surface area contributed by atoms with Gasteiger partial charge in [0, 0.05) is 19.0 Å². The van der Waals surface area contributed by atoms with Crippen molar-refractivity contribution in [3.05, 3.63) is 12.5 Å². The summed E-state index contributed by atoms with van der Waals surface area (Å²) in [6, 6.07) is -2.03. The van der Waals surface area contributed by atoms with Crippen molar-refractivity contribution in [1.29, 1.82) is 0 Å². The zero-order valence-electron chi connectivity index (χ0n) is 15.9. The lowest BCUT2D eigenvalue weighted by Crippen LogP contribution is -2.56. The molecule has 0 amide bonds. The van der Waals surface area contributed by atoms with E-state index in [1.807, 2.05) is 0 Å². The van der Waals surface area contributed by atoms with Crippen LogP contribution >= 0.6 is 0 Å². The van der Waals surface area contributed by atoms with E-state index < -0.39 is 65.9 Å². The van der Waals surface area contributed by atoms with Crippen LogP contribution in [-0.4, -0.2) is 88.2 Å². The van der Waals surface area contributed by atoms with Gasteiger partial charge in [0.1, 0.15) is 17.8 Å². The smallest absolute Gasteiger partial charge is 0.451 e. The monoisotopic (exact) mass is 449 g/mol. The normalized spacial score (nSPS) is 23.3. The summed E-state index contributed by atoms with van der Waals surface area (Å²) in [5.74, 6) is -3.70. The van der Waals surface area contributed by atoms with Crippen LogP contribution in [-0.2, 0) is 19.8 Å². The number of carboxylic acid groups (broad SMARTS) is 2. The van der Waals surface area contributed by atoms with E-state index in [2.05, 4.69) is 4.98 Å². The Morgan fingerprint density at radius 1 is 1.43 bits per heavy atom. The number of hydrogen-bond acceptors (Lipinski definition) is 10. The summed E-state index contributed by atoms with van der Waals surface area (Å²) in [5, 5.41) is 36.6. The van der Waals surface area contributed by atoms with Gasteiger partial charge in [0.15, 0.2) is 0 Å². The third kappa shape index (κ3) is 5.08. The third-order valence-corrected chi connectivity index (χ3v) is 6.71. The predicted octanol–water partition coefficient (Wildman–Crippen LogP) is -2.90. The molecule has 0 saturated carbocycles. The molecule has 1 aliphatic heterocycles. The molecule has 30 heavy (non-hydrogen) atoms. The number of aliphatic carboxylic acids is 2. The van der Waals surface area contributed by atoms with Crippen LogP contribution in [0, 0.1) is 5.92 Å². The highest BCUT2D eigenvalue weighted by Gasteiger charge is 2.53. The lowest BCUT2D eigenvalue weighted by atomic mass is 9.78. The molecule has 1 aromatic rings. The first kappa shape index (κ1) is 24.0. The van der Waals surface area contributed by atoms with Crippen molar-refractivity contribution < 1.29 is 42.7 Å². The highest BCUT2D eigenvalue weighted by molar-refractivity contribution is 7.90. The molecule has 0 radical (unpaired) electrons. The first-order valence-corrected chi connectivity index (χ1v) is 10.3. The lowest BCUT2D eigenvalue weighted by Gasteiger charge is -2.28. The van der Waals surface area contributed by atoms with Crippen LogP contribution in [0.1, 0.15) is 12.8 Å². The van der Waals surface area contributed by atoms with Crippen molar-refractivity contribution in [2.45, 2.75) is 30.7 Å². The van der Waals surface area contributed by atoms with Gasteiger partial charge in [-0.3, -0.25) is 9.59 Å². The van der Waals surface area contributed by atoms with Crippen LogP contribution in [0.4, 0.5) is 6.01 Å². The Labute approximate surface area is 172 Å². The summed E-state index contributed by atoms with van der Waals surface area (Å²) < 4.78 is 32.8. The van der Waals surface area contributed by atoms with E-state index in [1.165, 1.54) is 0 Å². The van der Waals surface area contributed by atoms with Gasteiger partial charge in [0.2, 0.25) is 0 Å². The zero-order valence-corrected chi connectivity index (χ0v) is 16.7. The molecular weight excluding hydrogens is 425 g/mol. The molecule has 2 heterocycles. The number of carboxylic acids is 2. The highest BCUT2D eigenvalue weighted by atomic mass is 32.2. The molecule has 0 spiro atoms. The number of anilines is 1. The fourth-order valence-electron chi connectivity index (χ4n) is 3.21. The highest BCUT2D eigenvalue weighted by Crippen LogP contribution is 2.34. The SMILES string of the molecule is NC(CN(c1ncco1)S(=O)(=O)N1C[C@H](CCCB(O)O)[C@](N)(C(=O)O)C1)C(=O)O. The van der Waals surface area contributed by atoms with Crippen LogP contribution in [0.3, 0.4) is 0 Å². The largest absolute Gasteiger partial charge is 0.480 e. The molecule has 2 rings (SSSR count). The van der Waals surface area contributed by atoms with Crippen molar-refractivity contribution in [2.24, 2.45) is 17.4 Å². The van der Waals surface area contributed by atoms with Gasteiger partial charge in [-0.2, -0.15) is 12.7 Å². The van der Waals surface area contributed by atoms with E-state index in [0.717, 1.165) is 16.8 Å². The van der Waals surface area contributed by atoms with E-state index in [0.29, 0.717) is 4.31 Å². The van der Waals surface area contributed by atoms with E-state index in [-0.39, 0.29) is 25.7 Å². The number of rotatable bonds is 11. The van der Waals surface area contributed by atoms with Crippen molar-refractivity contribution >= 4 is 35.3 Å². The van der Waals surface area contributed by atoms with Crippen LogP contribution in [0.2, 0.25) is 6.32 Å². The molecule has 16 heteroatoms. The molecule has 14 nitrogen and oxygen atoms in total. The Morgan fingerprint density at radius 3 is 2.60 bits per heavy atom. The molecule has 1 fully saturated rings. The Morgan fingerprint density at radius 2 is 2.10 bits per heavy atom. The minimum absolute atomic E-state index is 0.0329. The maximum atomic E-state index is 13.2. The van der Waals surface area contributed by atoms with Gasteiger partial charge >= 0.3 is 35.3 Å². The molecule has 168 valence electrons. The Bertz CT molecular complexity index is 852. The average molecular weight is 449 g/mol. The van der Waals surface area contributed by atoms with Gasteiger partial charge in [-0.25, -0.2) is 9.29 Å². The average Bonchev–Trinajstić information content (AvgIpc) is 3.28. The van der Waals surface area contributed by atoms with Gasteiger partial charge in [0.25, 0.3) is 0 Å². The van der Waals surface area contributed by atoms with Gasteiger partial charge in [-0.05, 0) is 12.7 Å². The second kappa shape index (κ2) is 9.28. The van der Waals surface area contributed by atoms with E-state index in [4.69, 9.17) is 31.0 Å². The second-order valence-corrected chi connectivity index (χ2v) is 8.90. The molecule has 1 aromatic heterocycles. The molecule has 1 saturated heterocycles. The molecule has 0 aliphatic carbocycles. The summed E-state index contributed by atoms with van der Waals surface area (Å²) in [7, 11) is -6.09. The standard InChI is InChI=1S/C14H24BN5O9S/c16-10(11(21)22)7-20(13-18-4-5-29-13)30(27,28)19-6-9(2-1-3-15(25)26)14(17,8-19)12(23)24/h4-5,9-10,25-26H,1-3,6-8,16-17H2,(H,21,22)(H,23,24)/t9-,10?,14-/m0/s1. The van der Waals surface area contributed by atoms with Crippen LogP contribution in [0.5, 0.6) is 0 Å². The molecule has 8 N–H and O–H groups in total. The summed E-state index contributed by atoms with van der Waals surface area (Å²) in [4.78, 5) is 26.6. The fourth-order valence-corrected chi connectivity index (χ4v) is 4.87. The summed E-state index contributed by atoms with van der Waals surface area (Å²) in [6.45, 7) is -1.58. The number of nitrogens with two attached hydrogens (primary N) is 2. The van der Waals surface area contributed by atoms with Crippen molar-refractivity contribution in [1.82, 2.24) is 9.29 Å². The summed E-state index contributed by atoms with van der Waals surface area (Å²) >= 11 is 0. The number of carbonyl (C=O) groups is 2. The van der Waals surface area contributed by atoms with Crippen LogP contribution in [0.25, 0.3) is 0 Å². The van der Waals surface area contributed by atoms with Crippen LogP contribution in [0.15, 0.2) is 16.9 Å². The lowest BCUT2D eigenvalue weighted by molar-refractivity contribution is -0.144. The Balaban J connectivity index is 2.31. The molecule has 1 unspecified atom stereocenters. The Hall–Kier alpha value is -2.24. The van der Waals surface area contributed by atoms with E-state index in [9.17, 15) is 23.1 Å². The molecule has 1 aliphatic rings. The first-order chi connectivity index (χ1) is 13.9. The van der Waals surface area contributed by atoms with Crippen LogP contribution < -0.4 is 15.8 Å². The second-order valence-electron chi connectivity index (χ2n) is 7.04. The van der Waals surface area contributed by atoms with E-state index in [1.54, 1.807) is 0 Å². The minimum Gasteiger partial charge on any atom is -0.480 e. The summed E-state index contributed by atoms with van der Waals surface area (Å²) in [5.41, 5.74) is 9.57. The predicted molar refractivity (Wildman–Crippen MR) is 102 cm³/mol. The first-order valence-electron chi connectivity index (χ1n) is 8.93. The topological polar surface area (TPSA) is 234 Å². The summed E-state index contributed by atoms with van der Waals surface area (Å²) in [6.07, 6.45) is 2.54. The van der Waals surface area contributed by atoms with Gasteiger partial charge < -0.3 is 36.1 Å². The number of nitrogens with zero attached hydrogens (tertiary/aromatic N) is 3. The number of hydrogen-bond donors (Lipinski definition) is 6. The van der Waals surface area contributed by atoms with Gasteiger partial charge in [-0.15, -0.1) is 0 Å². The molecular formula is C14H24BN5O9S. The fraction of sp³-hybridized carbons (Fsp3) is 0.643. The molecule has 0 bridgehead atoms. The van der Waals surface area contributed by atoms with Crippen molar-refractivity contribution in [3.8, 4) is 0 Å². The minimum atomic E-state index is -4.51. The zero-order chi connectivity index (χ0) is 22.7. The van der Waals surface area contributed by atoms with Gasteiger partial charge in [-0.1, -0.05) is 6.42 Å². The molecule has 3 atom stereocenters. The molecule has 0 aromatic carbocycles. The maximum absolute atomic E-state index is 13.2. The van der Waals surface area contributed by atoms with Gasteiger partial charge in [0.05, 0.1) is 12.7 Å². The van der Waals surface area contributed by atoms with Crippen molar-refractivity contribution in [3.63, 3.8) is 0 Å². The third-order valence-electron chi connectivity index (χ3n) is 4.92. The number of aromatic nitrogens is 1. The van der Waals surface area contributed by atoms with Crippen molar-refractivity contribution in [2.75, 3.05) is 23.9 Å².